The van der Waals surface area contributed by atoms with Gasteiger partial charge in [0.05, 0.1) is 12.8 Å². The molecule has 0 saturated heterocycles. The summed E-state index contributed by atoms with van der Waals surface area (Å²) in [6.45, 7) is 0. The smallest absolute Gasteiger partial charge is 0.288 e. The van der Waals surface area contributed by atoms with Gasteiger partial charge in [-0.05, 0) is 22.9 Å². The molecular formula is C14H12N2O4S2. The standard InChI is InChI=1S/C14H12N2O4S2/c17-11(7-9-3-1-5-21-9)15-13(19)14(20)16-12(18)8-10-4-2-6-22-10/h1-6H,7-8H2,(H,15,17,19)(H,16,18,20). The number of carbonyl (C=O) groups is 4. The minimum atomic E-state index is -1.14. The summed E-state index contributed by atoms with van der Waals surface area (Å²) in [6.07, 6.45) is 0.0274. The van der Waals surface area contributed by atoms with Crippen molar-refractivity contribution in [3.8, 4) is 0 Å². The van der Waals surface area contributed by atoms with Crippen LogP contribution in [0.4, 0.5) is 0 Å². The highest BCUT2D eigenvalue weighted by molar-refractivity contribution is 7.10. The van der Waals surface area contributed by atoms with Gasteiger partial charge in [-0.1, -0.05) is 12.1 Å². The van der Waals surface area contributed by atoms with Crippen molar-refractivity contribution in [2.24, 2.45) is 0 Å². The molecule has 0 aromatic carbocycles. The summed E-state index contributed by atoms with van der Waals surface area (Å²) >= 11 is 2.75. The molecule has 0 radical (unpaired) electrons. The summed E-state index contributed by atoms with van der Waals surface area (Å²) in [7, 11) is 0. The zero-order chi connectivity index (χ0) is 15.9. The number of hydrogen-bond acceptors (Lipinski definition) is 6. The second-order valence-corrected chi connectivity index (χ2v) is 6.33. The van der Waals surface area contributed by atoms with Crippen LogP contribution in [0, 0.1) is 0 Å². The van der Waals surface area contributed by atoms with Crippen LogP contribution < -0.4 is 10.6 Å². The van der Waals surface area contributed by atoms with E-state index in [9.17, 15) is 19.2 Å². The molecule has 0 fully saturated rings. The second kappa shape index (κ2) is 7.62. The fourth-order valence-corrected chi connectivity index (χ4v) is 3.00. The molecule has 0 aliphatic rings. The average Bonchev–Trinajstić information content (AvgIpc) is 3.11. The van der Waals surface area contributed by atoms with Crippen molar-refractivity contribution in [3.63, 3.8) is 0 Å². The van der Waals surface area contributed by atoms with E-state index in [4.69, 9.17) is 0 Å². The second-order valence-electron chi connectivity index (χ2n) is 4.27. The normalized spacial score (nSPS) is 10.0. The lowest BCUT2D eigenvalue weighted by Crippen LogP contribution is -2.45. The molecule has 2 heterocycles. The van der Waals surface area contributed by atoms with E-state index in [2.05, 4.69) is 0 Å². The molecule has 0 atom stereocenters. The average molecular weight is 336 g/mol. The third-order valence-corrected chi connectivity index (χ3v) is 4.29. The Kier molecular flexibility index (Phi) is 5.56. The lowest BCUT2D eigenvalue weighted by atomic mass is 10.3. The first-order valence-corrected chi connectivity index (χ1v) is 8.03. The third-order valence-electron chi connectivity index (χ3n) is 2.54. The van der Waals surface area contributed by atoms with Gasteiger partial charge in [-0.25, -0.2) is 0 Å². The third kappa shape index (κ3) is 4.90. The van der Waals surface area contributed by atoms with Gasteiger partial charge < -0.3 is 0 Å². The van der Waals surface area contributed by atoms with Crippen molar-refractivity contribution in [1.29, 1.82) is 0 Å². The first-order chi connectivity index (χ1) is 10.5. The maximum absolute atomic E-state index is 11.6. The Morgan fingerprint density at radius 3 is 1.50 bits per heavy atom. The van der Waals surface area contributed by atoms with Crippen molar-refractivity contribution in [2.45, 2.75) is 12.8 Å². The summed E-state index contributed by atoms with van der Waals surface area (Å²) in [6, 6.07) is 7.06. The molecule has 0 spiro atoms. The molecule has 0 unspecified atom stereocenters. The van der Waals surface area contributed by atoms with Crippen LogP contribution in [0.2, 0.25) is 0 Å². The quantitative estimate of drug-likeness (QED) is 0.811. The highest BCUT2D eigenvalue weighted by atomic mass is 32.1. The van der Waals surface area contributed by atoms with E-state index in [-0.39, 0.29) is 12.8 Å². The van der Waals surface area contributed by atoms with Crippen molar-refractivity contribution < 1.29 is 19.2 Å². The predicted octanol–water partition coefficient (Wildman–Crippen LogP) is 0.880. The fraction of sp³-hybridized carbons (Fsp3) is 0.143. The minimum absolute atomic E-state index is 0.0137. The van der Waals surface area contributed by atoms with E-state index >= 15 is 0 Å². The molecule has 6 nitrogen and oxygen atoms in total. The SMILES string of the molecule is O=C(Cc1cccs1)NC(=O)C(=O)NC(=O)Cc1cccs1. The number of thiophene rings is 2. The summed E-state index contributed by atoms with van der Waals surface area (Å²) in [5.41, 5.74) is 0. The lowest BCUT2D eigenvalue weighted by molar-refractivity contribution is -0.144. The first kappa shape index (κ1) is 16.1. The van der Waals surface area contributed by atoms with Gasteiger partial charge in [0.2, 0.25) is 11.8 Å². The van der Waals surface area contributed by atoms with E-state index in [1.54, 1.807) is 35.0 Å². The van der Waals surface area contributed by atoms with Gasteiger partial charge in [-0.15, -0.1) is 22.7 Å². The number of imide groups is 2. The van der Waals surface area contributed by atoms with Crippen LogP contribution in [-0.2, 0) is 32.0 Å². The van der Waals surface area contributed by atoms with Gasteiger partial charge in [0.1, 0.15) is 0 Å². The molecule has 4 amide bonds. The molecule has 8 heteroatoms. The molecule has 2 aromatic heterocycles. The Morgan fingerprint density at radius 2 is 1.18 bits per heavy atom. The monoisotopic (exact) mass is 336 g/mol. The molecule has 0 bridgehead atoms. The van der Waals surface area contributed by atoms with Gasteiger partial charge in [0, 0.05) is 9.75 Å². The van der Waals surface area contributed by atoms with Crippen LogP contribution in [0.3, 0.4) is 0 Å². The zero-order valence-electron chi connectivity index (χ0n) is 11.3. The molecule has 114 valence electrons. The van der Waals surface area contributed by atoms with E-state index in [0.29, 0.717) is 0 Å². The predicted molar refractivity (Wildman–Crippen MR) is 82.3 cm³/mol. The van der Waals surface area contributed by atoms with Crippen LogP contribution in [0.1, 0.15) is 9.75 Å². The largest absolute Gasteiger partial charge is 0.316 e. The maximum Gasteiger partial charge on any atom is 0.316 e. The Balaban J connectivity index is 1.77. The van der Waals surface area contributed by atoms with Gasteiger partial charge >= 0.3 is 11.8 Å². The molecule has 0 aliphatic heterocycles. The molecule has 0 aliphatic carbocycles. The van der Waals surface area contributed by atoms with Crippen LogP contribution in [0.25, 0.3) is 0 Å². The molecule has 2 aromatic rings. The number of carbonyl (C=O) groups excluding carboxylic acids is 4. The zero-order valence-corrected chi connectivity index (χ0v) is 13.0. The number of nitrogens with one attached hydrogen (secondary N) is 2. The Labute approximate surface area is 134 Å². The molecule has 2 N–H and O–H groups in total. The van der Waals surface area contributed by atoms with Crippen LogP contribution >= 0.6 is 22.7 Å². The Hall–Kier alpha value is -2.32. The Morgan fingerprint density at radius 1 is 0.773 bits per heavy atom. The van der Waals surface area contributed by atoms with Crippen molar-refractivity contribution in [2.75, 3.05) is 0 Å². The summed E-state index contributed by atoms with van der Waals surface area (Å²) < 4.78 is 0. The van der Waals surface area contributed by atoms with E-state index in [1.165, 1.54) is 22.7 Å². The number of rotatable bonds is 4. The van der Waals surface area contributed by atoms with Crippen LogP contribution in [-0.4, -0.2) is 23.6 Å². The van der Waals surface area contributed by atoms with E-state index in [0.717, 1.165) is 9.75 Å². The maximum atomic E-state index is 11.6. The van der Waals surface area contributed by atoms with Crippen molar-refractivity contribution in [1.82, 2.24) is 10.6 Å². The van der Waals surface area contributed by atoms with Crippen LogP contribution in [0.5, 0.6) is 0 Å². The fourth-order valence-electron chi connectivity index (χ4n) is 1.60. The molecule has 0 saturated carbocycles. The number of hydrogen-bond donors (Lipinski definition) is 2. The van der Waals surface area contributed by atoms with Gasteiger partial charge in [-0.2, -0.15) is 0 Å². The van der Waals surface area contributed by atoms with Gasteiger partial charge in [0.15, 0.2) is 0 Å². The number of amides is 4. The topological polar surface area (TPSA) is 92.3 Å². The summed E-state index contributed by atoms with van der Waals surface area (Å²) in [4.78, 5) is 47.8. The lowest BCUT2D eigenvalue weighted by Gasteiger charge is -2.04. The minimum Gasteiger partial charge on any atom is -0.288 e. The molecular weight excluding hydrogens is 324 g/mol. The van der Waals surface area contributed by atoms with Crippen molar-refractivity contribution >= 4 is 46.3 Å². The Bertz CT molecular complexity index is 618. The first-order valence-electron chi connectivity index (χ1n) is 6.27. The molecule has 2 rings (SSSR count). The highest BCUT2D eigenvalue weighted by Gasteiger charge is 2.19. The van der Waals surface area contributed by atoms with Gasteiger partial charge in [0.25, 0.3) is 0 Å². The summed E-state index contributed by atoms with van der Waals surface area (Å²) in [5.74, 6) is -3.45. The summed E-state index contributed by atoms with van der Waals surface area (Å²) in [5, 5.41) is 7.51. The highest BCUT2D eigenvalue weighted by Crippen LogP contribution is 2.09. The van der Waals surface area contributed by atoms with Gasteiger partial charge in [-0.3, -0.25) is 29.8 Å². The van der Waals surface area contributed by atoms with Crippen molar-refractivity contribution in [3.05, 3.63) is 44.8 Å². The van der Waals surface area contributed by atoms with Crippen LogP contribution in [0.15, 0.2) is 35.0 Å². The van der Waals surface area contributed by atoms with E-state index < -0.39 is 23.6 Å². The van der Waals surface area contributed by atoms with E-state index in [1.807, 2.05) is 10.6 Å². The molecule has 22 heavy (non-hydrogen) atoms.